The van der Waals surface area contributed by atoms with Gasteiger partial charge in [-0.1, -0.05) is 0 Å². The zero-order chi connectivity index (χ0) is 12.6. The molecule has 0 fully saturated rings. The molecule has 2 atom stereocenters. The van der Waals surface area contributed by atoms with Crippen LogP contribution in [0.15, 0.2) is 0 Å². The molecule has 0 rings (SSSR count). The number of carbonyl (C=O) groups excluding carboxylic acids is 1. The Morgan fingerprint density at radius 2 is 2.06 bits per heavy atom. The van der Waals surface area contributed by atoms with Crippen LogP contribution in [0.4, 0.5) is 0 Å². The fraction of sp³-hybridized carbons (Fsp3) is 0.778. The molecular formula is C9H18N2O5. The van der Waals surface area contributed by atoms with E-state index >= 15 is 0 Å². The number of ether oxygens (including phenoxy) is 2. The molecule has 0 saturated heterocycles. The number of nitrogens with two attached hydrogens (primary N) is 1. The number of nitrogens with one attached hydrogen (secondary N) is 1. The molecule has 0 aliphatic rings. The van der Waals surface area contributed by atoms with Gasteiger partial charge in [0.1, 0.15) is 0 Å². The normalized spacial score (nSPS) is 14.2. The summed E-state index contributed by atoms with van der Waals surface area (Å²) in [5.41, 5.74) is 5.35. The lowest BCUT2D eigenvalue weighted by atomic mass is 10.2. The second kappa shape index (κ2) is 8.03. The van der Waals surface area contributed by atoms with Crippen molar-refractivity contribution in [2.45, 2.75) is 18.6 Å². The first-order chi connectivity index (χ1) is 7.51. The minimum atomic E-state index is -1.11. The molecule has 1 amide bonds. The number of aliphatic carboxylic acids is 1. The standard InChI is InChI=1S/C9H18N2O5/c1-15-5-6(16-2)4-11-9(14)7(10)3-8(12)13/h6-7H,3-5,10H2,1-2H3,(H,11,14)(H,12,13). The second-order valence-corrected chi connectivity index (χ2v) is 3.26. The Bertz CT molecular complexity index is 234. The first-order valence-electron chi connectivity index (χ1n) is 4.78. The lowest BCUT2D eigenvalue weighted by molar-refractivity contribution is -0.139. The van der Waals surface area contributed by atoms with Gasteiger partial charge >= 0.3 is 5.97 Å². The average Bonchev–Trinajstić information content (AvgIpc) is 2.22. The molecule has 0 spiro atoms. The molecule has 7 nitrogen and oxygen atoms in total. The Kier molecular flexibility index (Phi) is 7.44. The van der Waals surface area contributed by atoms with Crippen molar-refractivity contribution in [2.75, 3.05) is 27.4 Å². The van der Waals surface area contributed by atoms with Gasteiger partial charge in [-0.05, 0) is 0 Å². The molecule has 0 saturated carbocycles. The third kappa shape index (κ3) is 6.33. The highest BCUT2D eigenvalue weighted by molar-refractivity contribution is 5.85. The highest BCUT2D eigenvalue weighted by Gasteiger charge is 2.18. The molecule has 0 heterocycles. The molecule has 0 bridgehead atoms. The molecule has 0 radical (unpaired) electrons. The van der Waals surface area contributed by atoms with Crippen LogP contribution >= 0.6 is 0 Å². The largest absolute Gasteiger partial charge is 0.481 e. The summed E-state index contributed by atoms with van der Waals surface area (Å²) in [6.07, 6.45) is -0.667. The minimum absolute atomic E-state index is 0.233. The highest BCUT2D eigenvalue weighted by Crippen LogP contribution is 1.91. The van der Waals surface area contributed by atoms with Gasteiger partial charge in [-0.15, -0.1) is 0 Å². The van der Waals surface area contributed by atoms with Crippen molar-refractivity contribution in [3.63, 3.8) is 0 Å². The molecule has 4 N–H and O–H groups in total. The van der Waals surface area contributed by atoms with Crippen LogP contribution < -0.4 is 11.1 Å². The van der Waals surface area contributed by atoms with E-state index in [9.17, 15) is 9.59 Å². The van der Waals surface area contributed by atoms with Crippen molar-refractivity contribution in [1.29, 1.82) is 0 Å². The second-order valence-electron chi connectivity index (χ2n) is 3.26. The fourth-order valence-electron chi connectivity index (χ4n) is 1.02. The summed E-state index contributed by atoms with van der Waals surface area (Å²) in [6, 6.07) is -1.04. The van der Waals surface area contributed by atoms with E-state index < -0.39 is 24.3 Å². The number of methoxy groups -OCH3 is 2. The third-order valence-corrected chi connectivity index (χ3v) is 1.92. The summed E-state index contributed by atoms with van der Waals surface area (Å²) in [4.78, 5) is 21.6. The van der Waals surface area contributed by atoms with Crippen molar-refractivity contribution < 1.29 is 24.2 Å². The summed E-state index contributed by atoms with van der Waals surface area (Å²) >= 11 is 0. The molecular weight excluding hydrogens is 216 g/mol. The van der Waals surface area contributed by atoms with Gasteiger partial charge < -0.3 is 25.6 Å². The lowest BCUT2D eigenvalue weighted by Gasteiger charge is -2.16. The van der Waals surface area contributed by atoms with Gasteiger partial charge in [0.25, 0.3) is 0 Å². The van der Waals surface area contributed by atoms with Crippen molar-refractivity contribution >= 4 is 11.9 Å². The quantitative estimate of drug-likeness (QED) is 0.474. The first kappa shape index (κ1) is 14.8. The average molecular weight is 234 g/mol. The summed E-state index contributed by atoms with van der Waals surface area (Å²) in [6.45, 7) is 0.571. The van der Waals surface area contributed by atoms with Crippen molar-refractivity contribution in [3.8, 4) is 0 Å². The van der Waals surface area contributed by atoms with Crippen molar-refractivity contribution in [2.24, 2.45) is 5.73 Å². The SMILES string of the molecule is COCC(CNC(=O)C(N)CC(=O)O)OC. The van der Waals surface area contributed by atoms with Gasteiger partial charge in [-0.25, -0.2) is 0 Å². The molecule has 16 heavy (non-hydrogen) atoms. The van der Waals surface area contributed by atoms with Crippen LogP contribution in [0.5, 0.6) is 0 Å². The fourth-order valence-corrected chi connectivity index (χ4v) is 1.02. The predicted octanol–water partition coefficient (Wildman–Crippen LogP) is -1.43. The van der Waals surface area contributed by atoms with Crippen LogP contribution in [0.3, 0.4) is 0 Å². The zero-order valence-corrected chi connectivity index (χ0v) is 9.43. The van der Waals surface area contributed by atoms with E-state index in [1.54, 1.807) is 0 Å². The number of hydrogen-bond acceptors (Lipinski definition) is 5. The van der Waals surface area contributed by atoms with Crippen LogP contribution in [-0.2, 0) is 19.1 Å². The maximum Gasteiger partial charge on any atom is 0.305 e. The molecule has 0 aliphatic carbocycles. The summed E-state index contributed by atoms with van der Waals surface area (Å²) in [5.74, 6) is -1.62. The summed E-state index contributed by atoms with van der Waals surface area (Å²) in [7, 11) is 3.01. The summed E-state index contributed by atoms with van der Waals surface area (Å²) < 4.78 is 9.86. The number of amides is 1. The Morgan fingerprint density at radius 1 is 1.44 bits per heavy atom. The van der Waals surface area contributed by atoms with Gasteiger partial charge in [0.2, 0.25) is 5.91 Å². The Balaban J connectivity index is 3.90. The van der Waals surface area contributed by atoms with E-state index in [0.717, 1.165) is 0 Å². The van der Waals surface area contributed by atoms with Gasteiger partial charge in [0.15, 0.2) is 0 Å². The van der Waals surface area contributed by atoms with Gasteiger partial charge in [-0.3, -0.25) is 9.59 Å². The van der Waals surface area contributed by atoms with Crippen LogP contribution in [0.25, 0.3) is 0 Å². The molecule has 2 unspecified atom stereocenters. The lowest BCUT2D eigenvalue weighted by Crippen LogP contribution is -2.45. The molecule has 0 aliphatic heterocycles. The zero-order valence-electron chi connectivity index (χ0n) is 9.43. The molecule has 94 valence electrons. The van der Waals surface area contributed by atoms with E-state index in [1.165, 1.54) is 14.2 Å². The van der Waals surface area contributed by atoms with Crippen molar-refractivity contribution in [3.05, 3.63) is 0 Å². The van der Waals surface area contributed by atoms with Crippen LogP contribution in [-0.4, -0.2) is 56.5 Å². The maximum absolute atomic E-state index is 11.3. The number of carboxylic acids is 1. The van der Waals surface area contributed by atoms with Crippen LogP contribution in [0.2, 0.25) is 0 Å². The predicted molar refractivity (Wildman–Crippen MR) is 55.9 cm³/mol. The smallest absolute Gasteiger partial charge is 0.305 e. The van der Waals surface area contributed by atoms with Gasteiger partial charge in [-0.2, -0.15) is 0 Å². The molecule has 0 aromatic carbocycles. The van der Waals surface area contributed by atoms with Crippen LogP contribution in [0.1, 0.15) is 6.42 Å². The molecule has 7 heteroatoms. The minimum Gasteiger partial charge on any atom is -0.481 e. The molecule has 0 aromatic heterocycles. The topological polar surface area (TPSA) is 111 Å². The highest BCUT2D eigenvalue weighted by atomic mass is 16.5. The Morgan fingerprint density at radius 3 is 2.50 bits per heavy atom. The van der Waals surface area contributed by atoms with E-state index in [1.807, 2.05) is 0 Å². The number of carbonyl (C=O) groups is 2. The maximum atomic E-state index is 11.3. The monoisotopic (exact) mass is 234 g/mol. The van der Waals surface area contributed by atoms with Gasteiger partial charge in [0.05, 0.1) is 25.2 Å². The van der Waals surface area contributed by atoms with E-state index in [2.05, 4.69) is 5.32 Å². The third-order valence-electron chi connectivity index (χ3n) is 1.92. The molecule has 0 aromatic rings. The van der Waals surface area contributed by atoms with Crippen molar-refractivity contribution in [1.82, 2.24) is 5.32 Å². The van der Waals surface area contributed by atoms with E-state index in [-0.39, 0.29) is 12.6 Å². The van der Waals surface area contributed by atoms with E-state index in [0.29, 0.717) is 6.61 Å². The van der Waals surface area contributed by atoms with E-state index in [4.69, 9.17) is 20.3 Å². The van der Waals surface area contributed by atoms with Gasteiger partial charge in [0, 0.05) is 20.8 Å². The number of rotatable bonds is 8. The number of hydrogen-bond donors (Lipinski definition) is 3. The summed E-state index contributed by atoms with van der Waals surface area (Å²) in [5, 5.41) is 10.9. The first-order valence-corrected chi connectivity index (χ1v) is 4.78. The van der Waals surface area contributed by atoms with Crippen LogP contribution in [0, 0.1) is 0 Å². The Hall–Kier alpha value is -1.18. The Labute approximate surface area is 93.9 Å². The number of carboxylic acid groups (broad SMARTS) is 1.